The van der Waals surface area contributed by atoms with E-state index < -0.39 is 0 Å². The van der Waals surface area contributed by atoms with Crippen molar-refractivity contribution in [2.75, 3.05) is 0 Å². The lowest BCUT2D eigenvalue weighted by Gasteiger charge is -2.11. The minimum absolute atomic E-state index is 0.792. The predicted octanol–water partition coefficient (Wildman–Crippen LogP) is 3.67. The molecule has 0 aliphatic rings. The van der Waals surface area contributed by atoms with E-state index in [1.54, 1.807) is 6.21 Å². The van der Waals surface area contributed by atoms with E-state index in [0.29, 0.717) is 0 Å². The van der Waals surface area contributed by atoms with Gasteiger partial charge in [0.1, 0.15) is 0 Å². The molecule has 0 aliphatic carbocycles. The number of rotatable bonds is 5. The highest BCUT2D eigenvalue weighted by molar-refractivity contribution is 5.55. The van der Waals surface area contributed by atoms with Crippen LogP contribution in [0.2, 0.25) is 0 Å². The SMILES string of the molecule is C=C(NCc1ccccc1)/C(C)=C(C)\N=C/C. The quantitative estimate of drug-likeness (QED) is 0.603. The highest BCUT2D eigenvalue weighted by Gasteiger charge is 2.00. The summed E-state index contributed by atoms with van der Waals surface area (Å²) in [5, 5.41) is 3.31. The van der Waals surface area contributed by atoms with Gasteiger partial charge in [0, 0.05) is 24.2 Å². The van der Waals surface area contributed by atoms with Crippen LogP contribution in [-0.2, 0) is 6.54 Å². The third kappa shape index (κ3) is 4.27. The van der Waals surface area contributed by atoms with Gasteiger partial charge in [-0.15, -0.1) is 0 Å². The Hall–Kier alpha value is -1.83. The normalized spacial score (nSPS) is 12.4. The summed E-state index contributed by atoms with van der Waals surface area (Å²) in [5.41, 5.74) is 4.27. The third-order valence-corrected chi connectivity index (χ3v) is 2.67. The maximum atomic E-state index is 4.25. The fraction of sp³-hybridized carbons (Fsp3) is 0.267. The van der Waals surface area contributed by atoms with Crippen molar-refractivity contribution in [3.05, 3.63) is 59.4 Å². The van der Waals surface area contributed by atoms with Crippen molar-refractivity contribution in [1.82, 2.24) is 5.32 Å². The van der Waals surface area contributed by atoms with Crippen LogP contribution in [0.25, 0.3) is 0 Å². The molecule has 0 amide bonds. The van der Waals surface area contributed by atoms with Gasteiger partial charge in [0.2, 0.25) is 0 Å². The maximum absolute atomic E-state index is 4.25. The van der Waals surface area contributed by atoms with E-state index in [-0.39, 0.29) is 0 Å². The van der Waals surface area contributed by atoms with Gasteiger partial charge in [-0.05, 0) is 31.9 Å². The fourth-order valence-corrected chi connectivity index (χ4v) is 1.45. The summed E-state index contributed by atoms with van der Waals surface area (Å²) in [6, 6.07) is 10.3. The summed E-state index contributed by atoms with van der Waals surface area (Å²) in [4.78, 5) is 4.25. The Balaban J connectivity index is 2.59. The van der Waals surface area contributed by atoms with Crippen molar-refractivity contribution < 1.29 is 0 Å². The predicted molar refractivity (Wildman–Crippen MR) is 75.0 cm³/mol. The topological polar surface area (TPSA) is 24.4 Å². The molecule has 0 atom stereocenters. The lowest BCUT2D eigenvalue weighted by Crippen LogP contribution is -2.13. The molecule has 0 saturated carbocycles. The number of hydrogen-bond donors (Lipinski definition) is 1. The summed E-state index contributed by atoms with van der Waals surface area (Å²) in [6.45, 7) is 10.8. The molecule has 0 heterocycles. The van der Waals surface area contributed by atoms with Crippen molar-refractivity contribution in [1.29, 1.82) is 0 Å². The van der Waals surface area contributed by atoms with Gasteiger partial charge in [-0.3, -0.25) is 4.99 Å². The van der Waals surface area contributed by atoms with Gasteiger partial charge in [-0.2, -0.15) is 0 Å². The number of nitrogens with zero attached hydrogens (tertiary/aromatic N) is 1. The second-order valence-corrected chi connectivity index (χ2v) is 3.92. The Kier molecular flexibility index (Phi) is 5.21. The van der Waals surface area contributed by atoms with Crippen LogP contribution in [-0.4, -0.2) is 6.21 Å². The van der Waals surface area contributed by atoms with Gasteiger partial charge in [0.25, 0.3) is 0 Å². The summed E-state index contributed by atoms with van der Waals surface area (Å²) in [7, 11) is 0. The molecule has 0 spiro atoms. The first-order valence-corrected chi connectivity index (χ1v) is 5.78. The van der Waals surface area contributed by atoms with Crippen LogP contribution in [0.15, 0.2) is 58.9 Å². The van der Waals surface area contributed by atoms with Gasteiger partial charge in [0.05, 0.1) is 0 Å². The largest absolute Gasteiger partial charge is 0.381 e. The molecule has 0 unspecified atom stereocenters. The van der Waals surface area contributed by atoms with E-state index in [4.69, 9.17) is 0 Å². The van der Waals surface area contributed by atoms with Crippen molar-refractivity contribution in [3.8, 4) is 0 Å². The summed E-state index contributed by atoms with van der Waals surface area (Å²) < 4.78 is 0. The number of hydrogen-bond acceptors (Lipinski definition) is 2. The second-order valence-electron chi connectivity index (χ2n) is 3.92. The first-order chi connectivity index (χ1) is 8.15. The molecule has 0 bridgehead atoms. The van der Waals surface area contributed by atoms with E-state index in [1.165, 1.54) is 5.56 Å². The number of allylic oxidation sites excluding steroid dienone is 2. The molecule has 1 N–H and O–H groups in total. The molecule has 0 saturated heterocycles. The monoisotopic (exact) mass is 228 g/mol. The Bertz CT molecular complexity index is 427. The lowest BCUT2D eigenvalue weighted by molar-refractivity contribution is 0.818. The lowest BCUT2D eigenvalue weighted by atomic mass is 10.1. The van der Waals surface area contributed by atoms with Crippen molar-refractivity contribution in [3.63, 3.8) is 0 Å². The summed E-state index contributed by atoms with van der Waals surface area (Å²) in [6.07, 6.45) is 1.79. The first kappa shape index (κ1) is 13.2. The van der Waals surface area contributed by atoms with Gasteiger partial charge in [-0.1, -0.05) is 36.9 Å². The van der Waals surface area contributed by atoms with Crippen LogP contribution < -0.4 is 5.32 Å². The van der Waals surface area contributed by atoms with Crippen LogP contribution in [0.3, 0.4) is 0 Å². The zero-order chi connectivity index (χ0) is 12.7. The van der Waals surface area contributed by atoms with E-state index >= 15 is 0 Å². The molecular formula is C15H20N2. The Morgan fingerprint density at radius 2 is 1.94 bits per heavy atom. The molecule has 1 aromatic rings. The maximum Gasteiger partial charge on any atom is 0.0418 e. The molecule has 90 valence electrons. The summed E-state index contributed by atoms with van der Waals surface area (Å²) in [5.74, 6) is 0. The molecule has 0 aliphatic heterocycles. The minimum atomic E-state index is 0.792. The molecule has 0 fully saturated rings. The Morgan fingerprint density at radius 1 is 1.29 bits per heavy atom. The van der Waals surface area contributed by atoms with Crippen molar-refractivity contribution >= 4 is 6.21 Å². The zero-order valence-corrected chi connectivity index (χ0v) is 10.8. The molecule has 0 radical (unpaired) electrons. The van der Waals surface area contributed by atoms with Crippen LogP contribution in [0.5, 0.6) is 0 Å². The Morgan fingerprint density at radius 3 is 2.53 bits per heavy atom. The average molecular weight is 228 g/mol. The molecule has 0 aromatic heterocycles. The summed E-state index contributed by atoms with van der Waals surface area (Å²) >= 11 is 0. The van der Waals surface area contributed by atoms with Gasteiger partial charge in [-0.25, -0.2) is 0 Å². The molecule has 1 aromatic carbocycles. The smallest absolute Gasteiger partial charge is 0.0418 e. The molecule has 2 nitrogen and oxygen atoms in total. The number of nitrogens with one attached hydrogen (secondary N) is 1. The van der Waals surface area contributed by atoms with Crippen LogP contribution >= 0.6 is 0 Å². The Labute approximate surface area is 104 Å². The molecular weight excluding hydrogens is 208 g/mol. The molecule has 17 heavy (non-hydrogen) atoms. The third-order valence-electron chi connectivity index (χ3n) is 2.67. The molecule has 2 heteroatoms. The van der Waals surface area contributed by atoms with Crippen molar-refractivity contribution in [2.24, 2.45) is 4.99 Å². The van der Waals surface area contributed by atoms with Crippen molar-refractivity contribution in [2.45, 2.75) is 27.3 Å². The minimum Gasteiger partial charge on any atom is -0.381 e. The molecule has 1 rings (SSSR count). The van der Waals surface area contributed by atoms with Crippen LogP contribution in [0, 0.1) is 0 Å². The second kappa shape index (κ2) is 6.69. The van der Waals surface area contributed by atoms with Crippen LogP contribution in [0.4, 0.5) is 0 Å². The first-order valence-electron chi connectivity index (χ1n) is 5.78. The van der Waals surface area contributed by atoms with E-state index in [9.17, 15) is 0 Å². The van der Waals surface area contributed by atoms with E-state index in [1.807, 2.05) is 39.0 Å². The van der Waals surface area contributed by atoms with Gasteiger partial charge in [0.15, 0.2) is 0 Å². The number of benzene rings is 1. The van der Waals surface area contributed by atoms with Gasteiger partial charge < -0.3 is 5.32 Å². The van der Waals surface area contributed by atoms with E-state index in [2.05, 4.69) is 29.0 Å². The van der Waals surface area contributed by atoms with Gasteiger partial charge >= 0.3 is 0 Å². The number of aliphatic imine (C=N–C) groups is 1. The highest BCUT2D eigenvalue weighted by atomic mass is 14.9. The fourth-order valence-electron chi connectivity index (χ4n) is 1.45. The zero-order valence-electron chi connectivity index (χ0n) is 10.8. The highest BCUT2D eigenvalue weighted by Crippen LogP contribution is 2.11. The van der Waals surface area contributed by atoms with Crippen LogP contribution in [0.1, 0.15) is 26.3 Å². The van der Waals surface area contributed by atoms with E-state index in [0.717, 1.165) is 23.5 Å². The standard InChI is InChI=1S/C15H20N2/c1-5-16-13(3)12(2)14(4)17-11-15-9-7-6-8-10-15/h5-10,17H,4,11H2,1-3H3/b13-12-,16-5-. The average Bonchev–Trinajstić information content (AvgIpc) is 2.36.